The summed E-state index contributed by atoms with van der Waals surface area (Å²) in [4.78, 5) is 9.12. The summed E-state index contributed by atoms with van der Waals surface area (Å²) in [5.41, 5.74) is 5.35. The van der Waals surface area contributed by atoms with Crippen LogP contribution in [0.3, 0.4) is 0 Å². The highest BCUT2D eigenvalue weighted by Crippen LogP contribution is 2.46. The van der Waals surface area contributed by atoms with E-state index in [4.69, 9.17) is 15.2 Å². The minimum atomic E-state index is -3.52. The van der Waals surface area contributed by atoms with Crippen LogP contribution in [0.2, 0.25) is 0 Å². The Morgan fingerprint density at radius 2 is 2.18 bits per heavy atom. The van der Waals surface area contributed by atoms with Gasteiger partial charge in [-0.3, -0.25) is 4.57 Å². The van der Waals surface area contributed by atoms with Crippen LogP contribution in [0, 0.1) is 0 Å². The zero-order valence-electron chi connectivity index (χ0n) is 6.99. The van der Waals surface area contributed by atoms with Crippen molar-refractivity contribution in [2.75, 3.05) is 6.61 Å². The lowest BCUT2D eigenvalue weighted by Crippen LogP contribution is -2.20. The van der Waals surface area contributed by atoms with Crippen LogP contribution in [0.15, 0.2) is 0 Å². The summed E-state index contributed by atoms with van der Waals surface area (Å²) in [6.45, 7) is 3.92. The fraction of sp³-hybridized carbons (Fsp3) is 1.00. The molecule has 2 unspecified atom stereocenters. The van der Waals surface area contributed by atoms with Crippen LogP contribution < -0.4 is 5.73 Å². The van der Waals surface area contributed by atoms with Gasteiger partial charge in [0.05, 0.1) is 6.61 Å². The third-order valence-corrected chi connectivity index (χ3v) is 3.07. The van der Waals surface area contributed by atoms with Crippen LogP contribution >= 0.6 is 7.60 Å². The predicted molar refractivity (Wildman–Crippen MR) is 44.3 cm³/mol. The number of rotatable bonds is 5. The molecule has 5 heteroatoms. The molecule has 0 aromatic heterocycles. The van der Waals surface area contributed by atoms with Crippen molar-refractivity contribution in [2.24, 2.45) is 5.73 Å². The van der Waals surface area contributed by atoms with E-state index in [0.717, 1.165) is 6.42 Å². The maximum atomic E-state index is 11.1. The van der Waals surface area contributed by atoms with Gasteiger partial charge in [-0.2, -0.15) is 0 Å². The zero-order valence-corrected chi connectivity index (χ0v) is 7.88. The summed E-state index contributed by atoms with van der Waals surface area (Å²) in [6.07, 6.45) is 1.18. The molecule has 0 aromatic carbocycles. The first-order valence-corrected chi connectivity index (χ1v) is 5.41. The van der Waals surface area contributed by atoms with Crippen molar-refractivity contribution in [3.8, 4) is 0 Å². The molecule has 0 bridgehead atoms. The van der Waals surface area contributed by atoms with Gasteiger partial charge >= 0.3 is 7.60 Å². The average Bonchev–Trinajstić information content (AvgIpc) is 1.99. The van der Waals surface area contributed by atoms with Gasteiger partial charge in [0.2, 0.25) is 0 Å². The van der Waals surface area contributed by atoms with Crippen LogP contribution in [-0.4, -0.2) is 17.3 Å². The summed E-state index contributed by atoms with van der Waals surface area (Å²) < 4.78 is 15.8. The molecule has 0 saturated carbocycles. The molecule has 0 amide bonds. The molecule has 0 aliphatic rings. The molecule has 0 fully saturated rings. The second kappa shape index (κ2) is 4.88. The normalized spacial score (nSPS) is 19.3. The van der Waals surface area contributed by atoms with E-state index in [0.29, 0.717) is 13.0 Å². The number of hydrogen-bond donors (Lipinski definition) is 2. The highest BCUT2D eigenvalue weighted by Gasteiger charge is 2.26. The molecule has 0 aromatic rings. The van der Waals surface area contributed by atoms with Gasteiger partial charge in [-0.25, -0.2) is 0 Å². The third-order valence-electron chi connectivity index (χ3n) is 1.32. The molecule has 0 saturated heterocycles. The molecule has 0 aliphatic heterocycles. The second-order valence-electron chi connectivity index (χ2n) is 2.37. The molecule has 4 nitrogen and oxygen atoms in total. The third kappa shape index (κ3) is 3.87. The Morgan fingerprint density at radius 1 is 1.64 bits per heavy atom. The molecule has 0 aliphatic carbocycles. The molecule has 0 radical (unpaired) electrons. The fourth-order valence-corrected chi connectivity index (χ4v) is 1.65. The first-order valence-electron chi connectivity index (χ1n) is 3.77. The van der Waals surface area contributed by atoms with Gasteiger partial charge in [-0.1, -0.05) is 13.8 Å². The van der Waals surface area contributed by atoms with E-state index >= 15 is 0 Å². The Kier molecular flexibility index (Phi) is 4.93. The number of nitrogens with two attached hydrogens (primary N) is 1. The zero-order chi connectivity index (χ0) is 8.91. The van der Waals surface area contributed by atoms with Gasteiger partial charge in [0.1, 0.15) is 5.78 Å². The lowest BCUT2D eigenvalue weighted by Gasteiger charge is -2.16. The van der Waals surface area contributed by atoms with E-state index < -0.39 is 13.4 Å². The number of hydrogen-bond acceptors (Lipinski definition) is 3. The Hall–Kier alpha value is 0.110. The molecule has 2 atom stereocenters. The van der Waals surface area contributed by atoms with Gasteiger partial charge < -0.3 is 15.2 Å². The molecule has 0 spiro atoms. The van der Waals surface area contributed by atoms with Crippen LogP contribution in [0.5, 0.6) is 0 Å². The quantitative estimate of drug-likeness (QED) is 0.627. The van der Waals surface area contributed by atoms with E-state index in [9.17, 15) is 4.57 Å². The van der Waals surface area contributed by atoms with Crippen LogP contribution in [0.25, 0.3) is 0 Å². The van der Waals surface area contributed by atoms with Crippen molar-refractivity contribution in [3.05, 3.63) is 0 Å². The van der Waals surface area contributed by atoms with Gasteiger partial charge in [-0.05, 0) is 12.8 Å². The average molecular weight is 181 g/mol. The minimum Gasteiger partial charge on any atom is -0.323 e. The molecule has 3 N–H and O–H groups in total. The van der Waals surface area contributed by atoms with Crippen molar-refractivity contribution in [2.45, 2.75) is 32.5 Å². The van der Waals surface area contributed by atoms with Crippen molar-refractivity contribution < 1.29 is 14.0 Å². The van der Waals surface area contributed by atoms with Gasteiger partial charge in [0.25, 0.3) is 0 Å². The van der Waals surface area contributed by atoms with Crippen molar-refractivity contribution in [1.82, 2.24) is 0 Å². The highest BCUT2D eigenvalue weighted by atomic mass is 31.2. The summed E-state index contributed by atoms with van der Waals surface area (Å²) in [5.74, 6) is -0.742. The fourth-order valence-electron chi connectivity index (χ4n) is 0.549. The lowest BCUT2D eigenvalue weighted by molar-refractivity contribution is 0.250. The Balaban J connectivity index is 3.89. The van der Waals surface area contributed by atoms with Gasteiger partial charge in [-0.15, -0.1) is 0 Å². The Morgan fingerprint density at radius 3 is 2.55 bits per heavy atom. The van der Waals surface area contributed by atoms with E-state index in [1.807, 2.05) is 6.92 Å². The van der Waals surface area contributed by atoms with Crippen molar-refractivity contribution >= 4 is 7.60 Å². The van der Waals surface area contributed by atoms with E-state index in [-0.39, 0.29) is 0 Å². The monoisotopic (exact) mass is 181 g/mol. The minimum absolute atomic E-state index is 0.293. The predicted octanol–water partition coefficient (Wildman–Crippen LogP) is 1.29. The topological polar surface area (TPSA) is 72.5 Å². The first-order chi connectivity index (χ1) is 5.04. The smallest absolute Gasteiger partial charge is 0.323 e. The molecule has 68 valence electrons. The standard InChI is InChI=1S/C6H16NO3P/c1-3-5-10-11(8,9)6(7)4-2/h6H,3-5,7H2,1-2H3,(H,8,9). The van der Waals surface area contributed by atoms with Crippen LogP contribution in [-0.2, 0) is 9.09 Å². The lowest BCUT2D eigenvalue weighted by atomic mass is 10.5. The summed E-state index contributed by atoms with van der Waals surface area (Å²) in [6, 6.07) is 0. The largest absolute Gasteiger partial charge is 0.344 e. The maximum Gasteiger partial charge on any atom is 0.344 e. The molecular formula is C6H16NO3P. The SMILES string of the molecule is CCCOP(=O)(O)C(N)CC. The molecule has 0 heterocycles. The summed E-state index contributed by atoms with van der Waals surface area (Å²) >= 11 is 0. The molecular weight excluding hydrogens is 165 g/mol. The van der Waals surface area contributed by atoms with E-state index in [2.05, 4.69) is 0 Å². The van der Waals surface area contributed by atoms with Crippen molar-refractivity contribution in [3.63, 3.8) is 0 Å². The van der Waals surface area contributed by atoms with Crippen LogP contribution in [0.4, 0.5) is 0 Å². The Labute approximate surface area is 67.3 Å². The Bertz CT molecular complexity index is 151. The van der Waals surface area contributed by atoms with Crippen molar-refractivity contribution in [1.29, 1.82) is 0 Å². The summed E-state index contributed by atoms with van der Waals surface area (Å²) in [7, 11) is -3.52. The second-order valence-corrected chi connectivity index (χ2v) is 4.42. The van der Waals surface area contributed by atoms with Gasteiger partial charge in [0, 0.05) is 0 Å². The maximum absolute atomic E-state index is 11.1. The summed E-state index contributed by atoms with van der Waals surface area (Å²) in [5, 5.41) is 0. The van der Waals surface area contributed by atoms with E-state index in [1.165, 1.54) is 0 Å². The van der Waals surface area contributed by atoms with Gasteiger partial charge in [0.15, 0.2) is 0 Å². The van der Waals surface area contributed by atoms with E-state index in [1.54, 1.807) is 6.92 Å². The molecule has 11 heavy (non-hydrogen) atoms. The first kappa shape index (κ1) is 11.1. The molecule has 0 rings (SSSR count). The van der Waals surface area contributed by atoms with Crippen LogP contribution in [0.1, 0.15) is 26.7 Å². The highest BCUT2D eigenvalue weighted by molar-refractivity contribution is 7.53.